The Kier molecular flexibility index (Phi) is 3.62. The van der Waals surface area contributed by atoms with E-state index in [0.717, 1.165) is 5.01 Å². The highest BCUT2D eigenvalue weighted by Gasteiger charge is 2.25. The van der Waals surface area contributed by atoms with Crippen molar-refractivity contribution in [2.45, 2.75) is 6.04 Å². The molecule has 1 aliphatic rings. The molecule has 0 saturated carbocycles. The van der Waals surface area contributed by atoms with E-state index < -0.39 is 23.0 Å². The second kappa shape index (κ2) is 5.36. The number of carbonyl (C=O) groups is 2. The van der Waals surface area contributed by atoms with E-state index >= 15 is 0 Å². The molecule has 0 fully saturated rings. The van der Waals surface area contributed by atoms with Crippen molar-refractivity contribution >= 4 is 17.7 Å². The number of hydrogen-bond acceptors (Lipinski definition) is 6. The third-order valence-corrected chi connectivity index (χ3v) is 2.46. The van der Waals surface area contributed by atoms with Crippen LogP contribution in [-0.4, -0.2) is 28.0 Å². The van der Waals surface area contributed by atoms with Gasteiger partial charge < -0.3 is 10.5 Å². The lowest BCUT2D eigenvalue weighted by Crippen LogP contribution is -2.46. The summed E-state index contributed by atoms with van der Waals surface area (Å²) in [4.78, 5) is 32.5. The number of amides is 2. The van der Waals surface area contributed by atoms with Crippen molar-refractivity contribution < 1.29 is 19.2 Å². The fraction of sp³-hybridized carbons (Fsp3) is 0.0909. The van der Waals surface area contributed by atoms with Gasteiger partial charge in [0.1, 0.15) is 11.8 Å². The molecule has 9 nitrogen and oxygen atoms in total. The van der Waals surface area contributed by atoms with E-state index in [0.29, 0.717) is 0 Å². The molecule has 2 amide bonds. The SMILES string of the molecule is NC(=O)C1C=CN(C(=O)Oc2ccc([N+](=O)[O-])cc2)N1. The van der Waals surface area contributed by atoms with E-state index in [9.17, 15) is 19.7 Å². The van der Waals surface area contributed by atoms with Gasteiger partial charge in [-0.2, -0.15) is 0 Å². The van der Waals surface area contributed by atoms with E-state index in [-0.39, 0.29) is 11.4 Å². The summed E-state index contributed by atoms with van der Waals surface area (Å²) in [6.07, 6.45) is 1.92. The van der Waals surface area contributed by atoms with Gasteiger partial charge in [-0.3, -0.25) is 14.9 Å². The van der Waals surface area contributed by atoms with E-state index in [2.05, 4.69) is 5.43 Å². The summed E-state index contributed by atoms with van der Waals surface area (Å²) in [7, 11) is 0. The van der Waals surface area contributed by atoms with Crippen LogP contribution in [0, 0.1) is 10.1 Å². The molecular formula is C11H10N4O5. The molecule has 0 aliphatic carbocycles. The third kappa shape index (κ3) is 2.90. The molecular weight excluding hydrogens is 268 g/mol. The number of hydrazine groups is 1. The zero-order chi connectivity index (χ0) is 14.7. The molecule has 20 heavy (non-hydrogen) atoms. The normalized spacial score (nSPS) is 17.0. The number of nitro benzene ring substituents is 1. The van der Waals surface area contributed by atoms with Crippen LogP contribution >= 0.6 is 0 Å². The maximum Gasteiger partial charge on any atom is 0.433 e. The van der Waals surface area contributed by atoms with E-state index in [1.165, 1.54) is 36.5 Å². The summed E-state index contributed by atoms with van der Waals surface area (Å²) < 4.78 is 4.96. The molecule has 104 valence electrons. The van der Waals surface area contributed by atoms with Gasteiger partial charge >= 0.3 is 6.09 Å². The number of carbonyl (C=O) groups excluding carboxylic acids is 2. The van der Waals surface area contributed by atoms with Gasteiger partial charge in [-0.25, -0.2) is 15.2 Å². The predicted molar refractivity (Wildman–Crippen MR) is 66.2 cm³/mol. The Morgan fingerprint density at radius 2 is 2.00 bits per heavy atom. The van der Waals surface area contributed by atoms with Crippen molar-refractivity contribution in [2.24, 2.45) is 5.73 Å². The fourth-order valence-electron chi connectivity index (χ4n) is 1.47. The minimum Gasteiger partial charge on any atom is -0.409 e. The van der Waals surface area contributed by atoms with Gasteiger partial charge in [0.15, 0.2) is 0 Å². The van der Waals surface area contributed by atoms with Crippen LogP contribution in [0.4, 0.5) is 10.5 Å². The number of hydrogen-bond donors (Lipinski definition) is 2. The molecule has 1 atom stereocenters. The summed E-state index contributed by atoms with van der Waals surface area (Å²) in [6.45, 7) is 0. The highest BCUT2D eigenvalue weighted by atomic mass is 16.6. The highest BCUT2D eigenvalue weighted by molar-refractivity contribution is 5.83. The van der Waals surface area contributed by atoms with Crippen LogP contribution in [0.25, 0.3) is 0 Å². The Hall–Kier alpha value is -2.94. The van der Waals surface area contributed by atoms with Crippen LogP contribution in [0.2, 0.25) is 0 Å². The minimum atomic E-state index is -0.793. The number of non-ortho nitro benzene ring substituents is 1. The molecule has 0 radical (unpaired) electrons. The quantitative estimate of drug-likeness (QED) is 0.603. The molecule has 0 aromatic heterocycles. The van der Waals surface area contributed by atoms with Crippen LogP contribution in [-0.2, 0) is 4.79 Å². The van der Waals surface area contributed by atoms with Crippen LogP contribution in [0.15, 0.2) is 36.5 Å². The average Bonchev–Trinajstić information content (AvgIpc) is 2.89. The van der Waals surface area contributed by atoms with E-state index in [1.807, 2.05) is 0 Å². The average molecular weight is 278 g/mol. The molecule has 2 rings (SSSR count). The molecule has 0 saturated heterocycles. The summed E-state index contributed by atoms with van der Waals surface area (Å²) in [5.74, 6) is -0.495. The van der Waals surface area contributed by atoms with Crippen LogP contribution in [0.1, 0.15) is 0 Å². The molecule has 1 unspecified atom stereocenters. The van der Waals surface area contributed by atoms with Crippen molar-refractivity contribution in [3.63, 3.8) is 0 Å². The Morgan fingerprint density at radius 3 is 2.50 bits per heavy atom. The van der Waals surface area contributed by atoms with Crippen molar-refractivity contribution in [1.29, 1.82) is 0 Å². The fourth-order valence-corrected chi connectivity index (χ4v) is 1.47. The molecule has 1 aromatic carbocycles. The number of nitrogens with zero attached hydrogens (tertiary/aromatic N) is 2. The lowest BCUT2D eigenvalue weighted by atomic mass is 10.3. The largest absolute Gasteiger partial charge is 0.433 e. The van der Waals surface area contributed by atoms with Gasteiger partial charge in [0.05, 0.1) is 4.92 Å². The van der Waals surface area contributed by atoms with Gasteiger partial charge in [-0.1, -0.05) is 0 Å². The predicted octanol–water partition coefficient (Wildman–Crippen LogP) is 0.281. The molecule has 3 N–H and O–H groups in total. The second-order valence-corrected chi connectivity index (χ2v) is 3.84. The molecule has 9 heteroatoms. The smallest absolute Gasteiger partial charge is 0.409 e. The number of nitrogens with one attached hydrogen (secondary N) is 1. The van der Waals surface area contributed by atoms with Gasteiger partial charge in [0, 0.05) is 18.3 Å². The summed E-state index contributed by atoms with van der Waals surface area (Å²) in [5.41, 5.74) is 7.45. The zero-order valence-electron chi connectivity index (χ0n) is 10.1. The number of primary amides is 1. The molecule has 0 spiro atoms. The molecule has 0 bridgehead atoms. The van der Waals surface area contributed by atoms with Crippen LogP contribution < -0.4 is 15.9 Å². The standard InChI is InChI=1S/C11H10N4O5/c12-10(16)9-5-6-14(13-9)11(17)20-8-3-1-7(2-4-8)15(18)19/h1-6,9,13H,(H2,12,16). The van der Waals surface area contributed by atoms with Gasteiger partial charge in [-0.05, 0) is 18.2 Å². The number of benzene rings is 1. The first-order valence-corrected chi connectivity index (χ1v) is 5.46. The lowest BCUT2D eigenvalue weighted by molar-refractivity contribution is -0.384. The van der Waals surface area contributed by atoms with Crippen LogP contribution in [0.5, 0.6) is 5.75 Å². The van der Waals surface area contributed by atoms with Crippen molar-refractivity contribution in [3.05, 3.63) is 46.7 Å². The zero-order valence-corrected chi connectivity index (χ0v) is 10.1. The summed E-state index contributed by atoms with van der Waals surface area (Å²) in [5, 5.41) is 11.4. The highest BCUT2D eigenvalue weighted by Crippen LogP contribution is 2.18. The Morgan fingerprint density at radius 1 is 1.35 bits per heavy atom. The number of rotatable bonds is 3. The number of nitrogens with two attached hydrogens (primary N) is 1. The lowest BCUT2D eigenvalue weighted by Gasteiger charge is -2.15. The van der Waals surface area contributed by atoms with Crippen molar-refractivity contribution in [2.75, 3.05) is 0 Å². The monoisotopic (exact) mass is 278 g/mol. The van der Waals surface area contributed by atoms with Gasteiger partial charge in [-0.15, -0.1) is 0 Å². The van der Waals surface area contributed by atoms with Crippen molar-refractivity contribution in [1.82, 2.24) is 10.4 Å². The Balaban J connectivity index is 1.97. The van der Waals surface area contributed by atoms with Crippen LogP contribution in [0.3, 0.4) is 0 Å². The Labute approximate surface area is 112 Å². The topological polar surface area (TPSA) is 128 Å². The molecule has 1 aliphatic heterocycles. The maximum absolute atomic E-state index is 11.7. The molecule has 1 heterocycles. The number of nitro groups is 1. The summed E-state index contributed by atoms with van der Waals surface area (Å²) >= 11 is 0. The third-order valence-electron chi connectivity index (χ3n) is 2.46. The maximum atomic E-state index is 11.7. The first-order valence-electron chi connectivity index (χ1n) is 5.46. The summed E-state index contributed by atoms with van der Waals surface area (Å²) in [6, 6.07) is 4.23. The second-order valence-electron chi connectivity index (χ2n) is 3.84. The Bertz CT molecular complexity index is 583. The first-order chi connectivity index (χ1) is 9.47. The van der Waals surface area contributed by atoms with E-state index in [4.69, 9.17) is 10.5 Å². The first kappa shape index (κ1) is 13.5. The minimum absolute atomic E-state index is 0.113. The van der Waals surface area contributed by atoms with E-state index in [1.54, 1.807) is 0 Å². The molecule has 1 aromatic rings. The van der Waals surface area contributed by atoms with Gasteiger partial charge in [0.25, 0.3) is 5.69 Å². The number of ether oxygens (including phenoxy) is 1. The van der Waals surface area contributed by atoms with Gasteiger partial charge in [0.2, 0.25) is 5.91 Å². The van der Waals surface area contributed by atoms with Crippen molar-refractivity contribution in [3.8, 4) is 5.75 Å².